The Hall–Kier alpha value is -0.900. The second-order valence-electron chi connectivity index (χ2n) is 4.06. The third-order valence-corrected chi connectivity index (χ3v) is 2.84. The summed E-state index contributed by atoms with van der Waals surface area (Å²) in [6.07, 6.45) is 0. The largest absolute Gasteiger partial charge is 0.458 e. The summed E-state index contributed by atoms with van der Waals surface area (Å²) in [6, 6.07) is 3.84. The van der Waals surface area contributed by atoms with E-state index in [2.05, 4.69) is 9.98 Å². The molecule has 0 aliphatic rings. The second-order valence-corrected chi connectivity index (χ2v) is 4.89. The van der Waals surface area contributed by atoms with E-state index in [4.69, 9.17) is 15.9 Å². The van der Waals surface area contributed by atoms with Crippen LogP contribution in [0.15, 0.2) is 26.9 Å². The van der Waals surface area contributed by atoms with Gasteiger partial charge in [0.1, 0.15) is 11.5 Å². The Kier molecular flexibility index (Phi) is 8.02. The van der Waals surface area contributed by atoms with Crippen molar-refractivity contribution in [3.63, 3.8) is 0 Å². The normalized spacial score (nSPS) is 9.75. The van der Waals surface area contributed by atoms with E-state index in [1.165, 1.54) is 11.3 Å². The van der Waals surface area contributed by atoms with Crippen molar-refractivity contribution in [1.29, 1.82) is 0 Å². The predicted molar refractivity (Wildman–Crippen MR) is 93.3 cm³/mol. The minimum absolute atomic E-state index is 0. The highest BCUT2D eigenvalue weighted by Gasteiger charge is 2.09. The number of nitrogens with zero attached hydrogens (tertiary/aromatic N) is 3. The molecule has 2 aromatic heterocycles. The molecule has 0 unspecified atom stereocenters. The van der Waals surface area contributed by atoms with Gasteiger partial charge >= 0.3 is 0 Å². The molecular weight excluding hydrogens is 410 g/mol. The minimum Gasteiger partial charge on any atom is -0.458 e. The van der Waals surface area contributed by atoms with Crippen molar-refractivity contribution in [2.45, 2.75) is 6.54 Å². The standard InChI is InChI=1S/C11H15N5OS.2BrH/c1-16(2)5-7-3-4-9(17-7)8-6-18-11(14-8)15-10(12)13;;/h3-4,6H,5H2,1-2H3,(H4,12,13,14,15);2*1H. The molecule has 0 fully saturated rings. The van der Waals surface area contributed by atoms with Crippen LogP contribution in [0.25, 0.3) is 11.5 Å². The van der Waals surface area contributed by atoms with Gasteiger partial charge in [0.2, 0.25) is 5.13 Å². The summed E-state index contributed by atoms with van der Waals surface area (Å²) in [6.45, 7) is 0.755. The van der Waals surface area contributed by atoms with Crippen molar-refractivity contribution >= 4 is 56.4 Å². The third kappa shape index (κ3) is 5.23. The number of rotatable bonds is 4. The predicted octanol–water partition coefficient (Wildman–Crippen LogP) is 2.53. The topological polar surface area (TPSA) is 93.7 Å². The zero-order chi connectivity index (χ0) is 13.1. The van der Waals surface area contributed by atoms with Crippen molar-refractivity contribution in [2.75, 3.05) is 14.1 Å². The Bertz CT molecular complexity index is 563. The summed E-state index contributed by atoms with van der Waals surface area (Å²) >= 11 is 1.37. The van der Waals surface area contributed by atoms with E-state index < -0.39 is 0 Å². The number of aliphatic imine (C=N–C) groups is 1. The zero-order valence-corrected chi connectivity index (χ0v) is 15.3. The Balaban J connectivity index is 0.00000180. The van der Waals surface area contributed by atoms with Gasteiger partial charge in [0, 0.05) is 5.38 Å². The SMILES string of the molecule is Br.Br.CN(C)Cc1ccc(-c2csc(N=C(N)N)n2)o1. The third-order valence-electron chi connectivity index (χ3n) is 2.10. The van der Waals surface area contributed by atoms with E-state index in [1.54, 1.807) is 0 Å². The monoisotopic (exact) mass is 425 g/mol. The van der Waals surface area contributed by atoms with Crippen LogP contribution in [-0.2, 0) is 6.54 Å². The summed E-state index contributed by atoms with van der Waals surface area (Å²) in [5.74, 6) is 1.62. The molecule has 0 radical (unpaired) electrons. The molecule has 20 heavy (non-hydrogen) atoms. The van der Waals surface area contributed by atoms with Gasteiger partial charge in [-0.3, -0.25) is 0 Å². The smallest absolute Gasteiger partial charge is 0.212 e. The number of furan rings is 1. The Labute approximate surface area is 142 Å². The average Bonchev–Trinajstić information content (AvgIpc) is 2.85. The van der Waals surface area contributed by atoms with Gasteiger partial charge in [-0.05, 0) is 26.2 Å². The average molecular weight is 427 g/mol. The first-order valence-electron chi connectivity index (χ1n) is 5.33. The molecule has 4 N–H and O–H groups in total. The summed E-state index contributed by atoms with van der Waals surface area (Å²) in [5.41, 5.74) is 11.3. The van der Waals surface area contributed by atoms with Crippen LogP contribution in [0, 0.1) is 0 Å². The van der Waals surface area contributed by atoms with Crippen LogP contribution >= 0.6 is 45.3 Å². The summed E-state index contributed by atoms with van der Waals surface area (Å²) < 4.78 is 5.69. The van der Waals surface area contributed by atoms with E-state index in [1.807, 2.05) is 36.5 Å². The highest BCUT2D eigenvalue weighted by atomic mass is 79.9. The molecule has 0 bridgehead atoms. The molecule has 0 aliphatic heterocycles. The van der Waals surface area contributed by atoms with Crippen LogP contribution in [0.4, 0.5) is 5.13 Å². The minimum atomic E-state index is 0. The maximum atomic E-state index is 5.69. The van der Waals surface area contributed by atoms with E-state index in [0.717, 1.165) is 23.8 Å². The number of aromatic nitrogens is 1. The number of hydrogen-bond acceptors (Lipinski definition) is 5. The molecule has 2 aromatic rings. The first kappa shape index (κ1) is 19.1. The highest BCUT2D eigenvalue weighted by Crippen LogP contribution is 2.28. The Morgan fingerprint density at radius 3 is 2.65 bits per heavy atom. The summed E-state index contributed by atoms with van der Waals surface area (Å²) in [7, 11) is 3.98. The van der Waals surface area contributed by atoms with Gasteiger partial charge in [0.25, 0.3) is 0 Å². The molecule has 0 aromatic carbocycles. The molecule has 0 spiro atoms. The van der Waals surface area contributed by atoms with Crippen LogP contribution < -0.4 is 11.5 Å². The molecule has 112 valence electrons. The Morgan fingerprint density at radius 2 is 2.05 bits per heavy atom. The van der Waals surface area contributed by atoms with Gasteiger partial charge in [-0.1, -0.05) is 0 Å². The van der Waals surface area contributed by atoms with Gasteiger partial charge in [-0.15, -0.1) is 45.3 Å². The summed E-state index contributed by atoms with van der Waals surface area (Å²) in [5, 5.41) is 2.38. The van der Waals surface area contributed by atoms with E-state index >= 15 is 0 Å². The number of thiazole rings is 1. The van der Waals surface area contributed by atoms with Crippen molar-refractivity contribution in [2.24, 2.45) is 16.5 Å². The maximum Gasteiger partial charge on any atom is 0.212 e. The fourth-order valence-electron chi connectivity index (χ4n) is 1.45. The number of nitrogens with two attached hydrogens (primary N) is 2. The van der Waals surface area contributed by atoms with Crippen LogP contribution in [0.2, 0.25) is 0 Å². The van der Waals surface area contributed by atoms with Crippen LogP contribution in [0.3, 0.4) is 0 Å². The molecule has 2 rings (SSSR count). The van der Waals surface area contributed by atoms with Crippen molar-refractivity contribution < 1.29 is 4.42 Å². The molecule has 0 aliphatic carbocycles. The van der Waals surface area contributed by atoms with Gasteiger partial charge in [-0.2, -0.15) is 4.99 Å². The lowest BCUT2D eigenvalue weighted by atomic mass is 10.3. The molecule has 6 nitrogen and oxygen atoms in total. The maximum absolute atomic E-state index is 5.69. The summed E-state index contributed by atoms with van der Waals surface area (Å²) in [4.78, 5) is 10.2. The van der Waals surface area contributed by atoms with Crippen LogP contribution in [-0.4, -0.2) is 29.9 Å². The number of hydrogen-bond donors (Lipinski definition) is 2. The van der Waals surface area contributed by atoms with Gasteiger partial charge < -0.3 is 20.8 Å². The zero-order valence-electron chi connectivity index (χ0n) is 11.1. The molecule has 0 amide bonds. The lowest BCUT2D eigenvalue weighted by molar-refractivity contribution is 0.353. The lowest BCUT2D eigenvalue weighted by Gasteiger charge is -2.05. The van der Waals surface area contributed by atoms with Crippen LogP contribution in [0.1, 0.15) is 5.76 Å². The van der Waals surface area contributed by atoms with E-state index in [9.17, 15) is 0 Å². The van der Waals surface area contributed by atoms with Gasteiger partial charge in [-0.25, -0.2) is 4.98 Å². The molecule has 2 heterocycles. The molecule has 0 saturated heterocycles. The first-order valence-corrected chi connectivity index (χ1v) is 6.21. The molecular formula is C11H17Br2N5OS. The van der Waals surface area contributed by atoms with Crippen molar-refractivity contribution in [3.05, 3.63) is 23.3 Å². The molecule has 0 saturated carbocycles. The van der Waals surface area contributed by atoms with Crippen LogP contribution in [0.5, 0.6) is 0 Å². The number of guanidine groups is 1. The second kappa shape index (κ2) is 8.40. The quantitative estimate of drug-likeness (QED) is 0.578. The van der Waals surface area contributed by atoms with Crippen molar-refractivity contribution in [1.82, 2.24) is 9.88 Å². The van der Waals surface area contributed by atoms with E-state index in [-0.39, 0.29) is 39.9 Å². The number of halogens is 2. The van der Waals surface area contributed by atoms with E-state index in [0.29, 0.717) is 5.13 Å². The molecule has 9 heteroatoms. The fraction of sp³-hybridized carbons (Fsp3) is 0.273. The first-order chi connectivity index (χ1) is 8.54. The lowest BCUT2D eigenvalue weighted by Crippen LogP contribution is -2.21. The molecule has 0 atom stereocenters. The Morgan fingerprint density at radius 1 is 1.35 bits per heavy atom. The van der Waals surface area contributed by atoms with Gasteiger partial charge in [0.15, 0.2) is 11.7 Å². The highest BCUT2D eigenvalue weighted by molar-refractivity contribution is 8.93. The fourth-order valence-corrected chi connectivity index (χ4v) is 2.15. The van der Waals surface area contributed by atoms with Crippen molar-refractivity contribution in [3.8, 4) is 11.5 Å². The van der Waals surface area contributed by atoms with Gasteiger partial charge in [0.05, 0.1) is 6.54 Å².